The molecule has 0 atom stereocenters. The molecule has 1 aromatic heterocycles. The Morgan fingerprint density at radius 3 is 2.62 bits per heavy atom. The number of rotatable bonds is 2. The second-order valence-electron chi connectivity index (χ2n) is 3.13. The van der Waals surface area contributed by atoms with Crippen molar-refractivity contribution in [1.82, 2.24) is 10.2 Å². The normalized spacial score (nSPS) is 11.6. The molecule has 0 fully saturated rings. The fraction of sp³-hybridized carbons (Fsp3) is 0. The first-order valence-corrected chi connectivity index (χ1v) is 6.23. The van der Waals surface area contributed by atoms with E-state index in [1.54, 1.807) is 24.3 Å². The number of H-pyrrole nitrogens is 1. The summed E-state index contributed by atoms with van der Waals surface area (Å²) < 4.78 is 22.5. The zero-order valence-electron chi connectivity index (χ0n) is 8.01. The van der Waals surface area contributed by atoms with E-state index in [1.807, 2.05) is 0 Å². The third-order valence-corrected chi connectivity index (χ3v) is 3.31. The van der Waals surface area contributed by atoms with Gasteiger partial charge in [0.05, 0.1) is 11.9 Å². The molecule has 2 rings (SSSR count). The van der Waals surface area contributed by atoms with E-state index in [-0.39, 0.29) is 4.90 Å². The first-order valence-electron chi connectivity index (χ1n) is 4.31. The van der Waals surface area contributed by atoms with E-state index in [1.165, 1.54) is 0 Å². The Hall–Kier alpha value is -1.37. The van der Waals surface area contributed by atoms with Crippen LogP contribution in [-0.4, -0.2) is 18.6 Å². The number of primary sulfonamides is 1. The van der Waals surface area contributed by atoms with E-state index in [0.29, 0.717) is 16.3 Å². The quantitative estimate of drug-likeness (QED) is 0.852. The van der Waals surface area contributed by atoms with Gasteiger partial charge in [-0.2, -0.15) is 5.10 Å². The summed E-state index contributed by atoms with van der Waals surface area (Å²) in [5, 5.41) is 11.7. The van der Waals surface area contributed by atoms with Crippen LogP contribution < -0.4 is 5.14 Å². The van der Waals surface area contributed by atoms with Gasteiger partial charge in [0.25, 0.3) is 0 Å². The van der Waals surface area contributed by atoms with Crippen LogP contribution in [0.5, 0.6) is 0 Å². The Morgan fingerprint density at radius 2 is 2.00 bits per heavy atom. The van der Waals surface area contributed by atoms with Crippen molar-refractivity contribution in [2.24, 2.45) is 5.14 Å². The summed E-state index contributed by atoms with van der Waals surface area (Å²) >= 11 is 5.95. The highest BCUT2D eigenvalue weighted by molar-refractivity contribution is 7.89. The monoisotopic (exact) mass is 257 g/mol. The van der Waals surface area contributed by atoms with Gasteiger partial charge < -0.3 is 0 Å². The molecule has 1 heterocycles. The number of hydrogen-bond acceptors (Lipinski definition) is 3. The number of sulfonamides is 1. The molecule has 7 heteroatoms. The Kier molecular flexibility index (Phi) is 2.71. The van der Waals surface area contributed by atoms with Crippen molar-refractivity contribution in [3.63, 3.8) is 0 Å². The third-order valence-electron chi connectivity index (χ3n) is 2.05. The van der Waals surface area contributed by atoms with Crippen molar-refractivity contribution >= 4 is 21.6 Å². The maximum Gasteiger partial charge on any atom is 0.241 e. The minimum Gasteiger partial charge on any atom is -0.276 e. The number of aromatic amines is 1. The van der Waals surface area contributed by atoms with E-state index in [2.05, 4.69) is 10.2 Å². The molecular weight excluding hydrogens is 250 g/mol. The summed E-state index contributed by atoms with van der Waals surface area (Å²) in [5.74, 6) is 0. The molecule has 0 saturated carbocycles. The lowest BCUT2D eigenvalue weighted by Gasteiger charge is -2.03. The molecule has 2 aromatic rings. The maximum atomic E-state index is 11.3. The number of nitrogens with one attached hydrogen (secondary N) is 1. The predicted octanol–water partition coefficient (Wildman–Crippen LogP) is 1.38. The number of nitrogens with two attached hydrogens (primary N) is 1. The fourth-order valence-electron chi connectivity index (χ4n) is 1.35. The van der Waals surface area contributed by atoms with Gasteiger partial charge in [0.2, 0.25) is 10.0 Å². The summed E-state index contributed by atoms with van der Waals surface area (Å²) in [7, 11) is -3.81. The predicted molar refractivity (Wildman–Crippen MR) is 60.4 cm³/mol. The molecule has 0 aliphatic carbocycles. The van der Waals surface area contributed by atoms with Gasteiger partial charge in [-0.05, 0) is 6.07 Å². The molecule has 16 heavy (non-hydrogen) atoms. The topological polar surface area (TPSA) is 88.8 Å². The number of benzene rings is 1. The highest BCUT2D eigenvalue weighted by Crippen LogP contribution is 2.29. The van der Waals surface area contributed by atoms with Crippen molar-refractivity contribution in [3.8, 4) is 11.3 Å². The minimum atomic E-state index is -3.81. The van der Waals surface area contributed by atoms with E-state index in [0.717, 1.165) is 6.20 Å². The molecular formula is C9H8ClN3O2S. The average molecular weight is 258 g/mol. The van der Waals surface area contributed by atoms with Crippen LogP contribution in [0.4, 0.5) is 0 Å². The van der Waals surface area contributed by atoms with Crippen LogP contribution in [0.15, 0.2) is 35.4 Å². The fourth-order valence-corrected chi connectivity index (χ4v) is 2.22. The Balaban J connectivity index is 2.68. The molecule has 3 N–H and O–H groups in total. The van der Waals surface area contributed by atoms with Crippen molar-refractivity contribution in [3.05, 3.63) is 35.5 Å². The number of halogens is 1. The van der Waals surface area contributed by atoms with E-state index in [4.69, 9.17) is 16.7 Å². The van der Waals surface area contributed by atoms with Crippen LogP contribution >= 0.6 is 11.6 Å². The lowest BCUT2D eigenvalue weighted by molar-refractivity contribution is 0.598. The molecule has 0 spiro atoms. The molecule has 0 bridgehead atoms. The SMILES string of the molecule is NS(=O)(=O)c1cn[nH]c1-c1ccccc1Cl. The average Bonchev–Trinajstić information content (AvgIpc) is 2.66. The van der Waals surface area contributed by atoms with Gasteiger partial charge in [-0.1, -0.05) is 29.8 Å². The van der Waals surface area contributed by atoms with Gasteiger partial charge >= 0.3 is 0 Å². The Morgan fingerprint density at radius 1 is 1.31 bits per heavy atom. The van der Waals surface area contributed by atoms with Gasteiger partial charge in [-0.3, -0.25) is 5.10 Å². The smallest absolute Gasteiger partial charge is 0.241 e. The molecule has 0 amide bonds. The second kappa shape index (κ2) is 3.89. The number of nitrogens with zero attached hydrogens (tertiary/aromatic N) is 1. The summed E-state index contributed by atoms with van der Waals surface area (Å²) in [6.45, 7) is 0. The second-order valence-corrected chi connectivity index (χ2v) is 5.07. The van der Waals surface area contributed by atoms with Crippen LogP contribution in [-0.2, 0) is 10.0 Å². The standard InChI is InChI=1S/C9H8ClN3O2S/c10-7-4-2-1-3-6(7)9-8(5-12-13-9)16(11,14)15/h1-5H,(H,12,13)(H2,11,14,15). The third kappa shape index (κ3) is 1.95. The summed E-state index contributed by atoms with van der Waals surface area (Å²) in [4.78, 5) is -0.0689. The molecule has 84 valence electrons. The molecule has 0 aliphatic rings. The largest absolute Gasteiger partial charge is 0.276 e. The van der Waals surface area contributed by atoms with Crippen LogP contribution in [0.2, 0.25) is 5.02 Å². The molecule has 0 saturated heterocycles. The van der Waals surface area contributed by atoms with E-state index < -0.39 is 10.0 Å². The van der Waals surface area contributed by atoms with Gasteiger partial charge in [0, 0.05) is 10.6 Å². The number of aromatic nitrogens is 2. The highest BCUT2D eigenvalue weighted by Gasteiger charge is 2.18. The lowest BCUT2D eigenvalue weighted by atomic mass is 10.1. The lowest BCUT2D eigenvalue weighted by Crippen LogP contribution is -2.12. The Bertz CT molecular complexity index is 621. The van der Waals surface area contributed by atoms with E-state index >= 15 is 0 Å². The van der Waals surface area contributed by atoms with Crippen LogP contribution in [0.25, 0.3) is 11.3 Å². The first kappa shape index (κ1) is 11.1. The van der Waals surface area contributed by atoms with Gasteiger partial charge in [-0.25, -0.2) is 13.6 Å². The van der Waals surface area contributed by atoms with Crippen LogP contribution in [0, 0.1) is 0 Å². The van der Waals surface area contributed by atoms with Crippen molar-refractivity contribution in [2.75, 3.05) is 0 Å². The van der Waals surface area contributed by atoms with Gasteiger partial charge in [0.15, 0.2) is 0 Å². The molecule has 0 radical (unpaired) electrons. The maximum absolute atomic E-state index is 11.3. The Labute approximate surface area is 97.3 Å². The highest BCUT2D eigenvalue weighted by atomic mass is 35.5. The molecule has 1 aromatic carbocycles. The van der Waals surface area contributed by atoms with Crippen molar-refractivity contribution in [2.45, 2.75) is 4.90 Å². The number of hydrogen-bond donors (Lipinski definition) is 2. The zero-order chi connectivity index (χ0) is 11.8. The van der Waals surface area contributed by atoms with Crippen molar-refractivity contribution in [1.29, 1.82) is 0 Å². The molecule has 0 unspecified atom stereocenters. The minimum absolute atomic E-state index is 0.0689. The van der Waals surface area contributed by atoms with E-state index in [9.17, 15) is 8.42 Å². The summed E-state index contributed by atoms with van der Waals surface area (Å²) in [6, 6.07) is 6.84. The van der Waals surface area contributed by atoms with Crippen LogP contribution in [0.3, 0.4) is 0 Å². The molecule has 5 nitrogen and oxygen atoms in total. The summed E-state index contributed by atoms with van der Waals surface area (Å²) in [6.07, 6.45) is 1.16. The van der Waals surface area contributed by atoms with Gasteiger partial charge in [-0.15, -0.1) is 0 Å². The first-order chi connectivity index (χ1) is 7.50. The summed E-state index contributed by atoms with van der Waals surface area (Å²) in [5.41, 5.74) is 0.846. The van der Waals surface area contributed by atoms with Crippen LogP contribution in [0.1, 0.15) is 0 Å². The zero-order valence-corrected chi connectivity index (χ0v) is 9.59. The molecule has 0 aliphatic heterocycles. The van der Waals surface area contributed by atoms with Crippen molar-refractivity contribution < 1.29 is 8.42 Å². The van der Waals surface area contributed by atoms with Gasteiger partial charge in [0.1, 0.15) is 4.90 Å².